The van der Waals surface area contributed by atoms with Crippen molar-refractivity contribution < 1.29 is 59.0 Å². The van der Waals surface area contributed by atoms with E-state index in [1.807, 2.05) is 0 Å². The number of nitrogens with one attached hydrogen (secondary N) is 1. The number of nitrogens with zero attached hydrogens (tertiary/aromatic N) is 2. The van der Waals surface area contributed by atoms with Crippen LogP contribution in [0.1, 0.15) is 101 Å². The standard InChI is InChI=1S/C38H44N4O12/c1-18-13-19(14-22(39)33(18)47)54-24-16-38(52,25(17-43)40-41-26(44)9-4-3-5-12-42-27(45)10-11-28(42)46)15-21-30(24)37(51)32-31(35(21)49)34(48)20-7-6-8-23(53-2)29(20)36(32)50/h6-8,10-11,18-19,22,24,33,43,47,49,51-52H,3-5,9,12-17,39H2,1-2H3,(H,41,44)/b40-25+/t18?,19?,22?,24-,33?,38?/m0/s1. The fourth-order valence-electron chi connectivity index (χ4n) is 7.97. The number of carbonyl (C=O) groups is 5. The predicted octanol–water partition coefficient (Wildman–Crippen LogP) is 1.05. The zero-order valence-electron chi connectivity index (χ0n) is 29.9. The van der Waals surface area contributed by atoms with E-state index in [0.29, 0.717) is 25.7 Å². The van der Waals surface area contributed by atoms with Gasteiger partial charge in [-0.1, -0.05) is 25.5 Å². The predicted molar refractivity (Wildman–Crippen MR) is 190 cm³/mol. The number of carbonyl (C=O) groups excluding carboxylic acids is 5. The molecule has 1 fully saturated rings. The number of ether oxygens (including phenoxy) is 2. The van der Waals surface area contributed by atoms with E-state index in [1.54, 1.807) is 6.92 Å². The fraction of sp³-hybridized carbons (Fsp3) is 0.474. The minimum Gasteiger partial charge on any atom is -0.507 e. The molecule has 3 aliphatic carbocycles. The van der Waals surface area contributed by atoms with Crippen molar-refractivity contribution in [3.63, 3.8) is 0 Å². The van der Waals surface area contributed by atoms with Crippen LogP contribution in [-0.2, 0) is 25.5 Å². The highest BCUT2D eigenvalue weighted by atomic mass is 16.5. The van der Waals surface area contributed by atoms with Crippen molar-refractivity contribution in [3.05, 3.63) is 63.7 Å². The molecule has 6 atom stereocenters. The molecule has 1 heterocycles. The number of nitrogens with two attached hydrogens (primary N) is 1. The number of methoxy groups -OCH3 is 1. The number of hydrogen-bond acceptors (Lipinski definition) is 14. The number of ketones is 2. The van der Waals surface area contributed by atoms with Gasteiger partial charge in [0.15, 0.2) is 5.78 Å². The first-order valence-electron chi connectivity index (χ1n) is 17.9. The number of phenols is 2. The molecule has 0 radical (unpaired) electrons. The molecule has 16 nitrogen and oxygen atoms in total. The van der Waals surface area contributed by atoms with Crippen LogP contribution >= 0.6 is 0 Å². The molecular formula is C38H44N4O12. The van der Waals surface area contributed by atoms with E-state index in [-0.39, 0.29) is 77.3 Å². The minimum atomic E-state index is -2.11. The maximum absolute atomic E-state index is 14.0. The van der Waals surface area contributed by atoms with Gasteiger partial charge in [0.1, 0.15) is 22.8 Å². The lowest BCUT2D eigenvalue weighted by atomic mass is 9.71. The van der Waals surface area contributed by atoms with Crippen molar-refractivity contribution in [3.8, 4) is 17.2 Å². The summed E-state index contributed by atoms with van der Waals surface area (Å²) >= 11 is 0. The van der Waals surface area contributed by atoms with Crippen molar-refractivity contribution in [2.75, 3.05) is 20.3 Å². The first kappa shape index (κ1) is 38.7. The molecule has 2 aromatic rings. The van der Waals surface area contributed by atoms with Gasteiger partial charge in [-0.05, 0) is 37.7 Å². The lowest BCUT2D eigenvalue weighted by Gasteiger charge is -2.43. The second kappa shape index (κ2) is 15.4. The molecule has 0 bridgehead atoms. The van der Waals surface area contributed by atoms with Gasteiger partial charge < -0.3 is 40.7 Å². The number of hydrazone groups is 1. The Labute approximate surface area is 310 Å². The molecule has 5 unspecified atom stereocenters. The lowest BCUT2D eigenvalue weighted by molar-refractivity contribution is -0.137. The molecule has 1 saturated carbocycles. The maximum atomic E-state index is 14.0. The Morgan fingerprint density at radius 2 is 1.72 bits per heavy atom. The average Bonchev–Trinajstić information content (AvgIpc) is 3.46. The van der Waals surface area contributed by atoms with Crippen LogP contribution < -0.4 is 15.9 Å². The molecule has 6 rings (SSSR count). The first-order valence-corrected chi connectivity index (χ1v) is 17.9. The van der Waals surface area contributed by atoms with Gasteiger partial charge in [-0.2, -0.15) is 5.10 Å². The molecule has 16 heteroatoms. The van der Waals surface area contributed by atoms with Crippen LogP contribution in [0.2, 0.25) is 0 Å². The number of phenolic OH excluding ortho intramolecular Hbond substituents is 2. The summed E-state index contributed by atoms with van der Waals surface area (Å²) in [5, 5.41) is 60.8. The number of unbranched alkanes of at least 4 members (excludes halogenated alkanes) is 2. The Kier molecular flexibility index (Phi) is 11.0. The quantitative estimate of drug-likeness (QED) is 0.0450. The van der Waals surface area contributed by atoms with Crippen molar-refractivity contribution in [1.82, 2.24) is 10.3 Å². The third-order valence-electron chi connectivity index (χ3n) is 10.8. The van der Waals surface area contributed by atoms with Gasteiger partial charge in [-0.25, -0.2) is 5.43 Å². The molecule has 288 valence electrons. The third-order valence-corrected chi connectivity index (χ3v) is 10.8. The van der Waals surface area contributed by atoms with Gasteiger partial charge in [0, 0.05) is 60.7 Å². The second-order valence-corrected chi connectivity index (χ2v) is 14.4. The molecule has 1 aliphatic heterocycles. The Balaban J connectivity index is 1.29. The largest absolute Gasteiger partial charge is 0.507 e. The SMILES string of the molecule is COc1cccc2c1C(=O)c1c(O)c3c(c(O)c1C2=O)CC(O)(/C(CO)=N/NC(=O)CCCCCN1C(=O)C=CC1=O)C[C@@H]3OC1CC(C)C(O)C(N)C1. The van der Waals surface area contributed by atoms with Crippen molar-refractivity contribution >= 4 is 35.0 Å². The number of amides is 3. The Bertz CT molecular complexity index is 1930. The topological polar surface area (TPSA) is 259 Å². The van der Waals surface area contributed by atoms with Gasteiger partial charge in [0.2, 0.25) is 11.7 Å². The van der Waals surface area contributed by atoms with E-state index in [2.05, 4.69) is 10.5 Å². The van der Waals surface area contributed by atoms with Crippen LogP contribution in [-0.4, -0.2) is 110 Å². The zero-order chi connectivity index (χ0) is 39.1. The summed E-state index contributed by atoms with van der Waals surface area (Å²) in [5.74, 6) is -4.32. The number of imide groups is 1. The Morgan fingerprint density at radius 1 is 1.02 bits per heavy atom. The summed E-state index contributed by atoms with van der Waals surface area (Å²) in [6.07, 6.45) is 0.818. The molecule has 54 heavy (non-hydrogen) atoms. The van der Waals surface area contributed by atoms with E-state index in [4.69, 9.17) is 15.2 Å². The molecule has 3 amide bonds. The van der Waals surface area contributed by atoms with Crippen LogP contribution in [0, 0.1) is 5.92 Å². The molecule has 2 aromatic carbocycles. The Hall–Kier alpha value is -5.00. The second-order valence-electron chi connectivity index (χ2n) is 14.4. The summed E-state index contributed by atoms with van der Waals surface area (Å²) in [6, 6.07) is 3.74. The lowest BCUT2D eigenvalue weighted by Crippen LogP contribution is -2.50. The number of aliphatic hydroxyl groups excluding tert-OH is 2. The highest BCUT2D eigenvalue weighted by Crippen LogP contribution is 2.52. The summed E-state index contributed by atoms with van der Waals surface area (Å²) in [6.45, 7) is 1.17. The highest BCUT2D eigenvalue weighted by molar-refractivity contribution is 6.31. The Morgan fingerprint density at radius 3 is 2.39 bits per heavy atom. The van der Waals surface area contributed by atoms with Gasteiger partial charge in [0.25, 0.3) is 11.8 Å². The molecule has 8 N–H and O–H groups in total. The molecule has 0 aromatic heterocycles. The molecular weight excluding hydrogens is 704 g/mol. The number of fused-ring (bicyclic) bond motifs is 3. The van der Waals surface area contributed by atoms with Crippen molar-refractivity contribution in [1.29, 1.82) is 0 Å². The fourth-order valence-corrected chi connectivity index (χ4v) is 7.97. The van der Waals surface area contributed by atoms with Crippen LogP contribution in [0.3, 0.4) is 0 Å². The van der Waals surface area contributed by atoms with Crippen LogP contribution in [0.4, 0.5) is 0 Å². The van der Waals surface area contributed by atoms with E-state index in [0.717, 1.165) is 4.90 Å². The summed E-state index contributed by atoms with van der Waals surface area (Å²) in [5.41, 5.74) is 4.92. The molecule has 0 saturated heterocycles. The highest BCUT2D eigenvalue weighted by Gasteiger charge is 2.49. The van der Waals surface area contributed by atoms with E-state index >= 15 is 0 Å². The normalized spacial score (nSPS) is 26.4. The number of aliphatic hydroxyl groups is 3. The summed E-state index contributed by atoms with van der Waals surface area (Å²) in [7, 11) is 1.33. The summed E-state index contributed by atoms with van der Waals surface area (Å²) in [4.78, 5) is 65.2. The van der Waals surface area contributed by atoms with Gasteiger partial charge in [-0.3, -0.25) is 28.9 Å². The monoisotopic (exact) mass is 748 g/mol. The number of rotatable bonds is 12. The molecule has 0 spiro atoms. The van der Waals surface area contributed by atoms with Crippen LogP contribution in [0.15, 0.2) is 35.5 Å². The smallest absolute Gasteiger partial charge is 0.253 e. The minimum absolute atomic E-state index is 0.00448. The number of hydrogen-bond donors (Lipinski definition) is 7. The van der Waals surface area contributed by atoms with Gasteiger partial charge >= 0.3 is 0 Å². The number of aromatic hydroxyl groups is 2. The summed E-state index contributed by atoms with van der Waals surface area (Å²) < 4.78 is 11.8. The zero-order valence-corrected chi connectivity index (χ0v) is 29.9. The van der Waals surface area contributed by atoms with E-state index in [9.17, 15) is 49.5 Å². The van der Waals surface area contributed by atoms with E-state index in [1.165, 1.54) is 37.5 Å². The van der Waals surface area contributed by atoms with Crippen LogP contribution in [0.25, 0.3) is 0 Å². The molecule has 4 aliphatic rings. The van der Waals surface area contributed by atoms with E-state index < -0.39 is 83.1 Å². The van der Waals surface area contributed by atoms with Crippen LogP contribution in [0.5, 0.6) is 17.2 Å². The maximum Gasteiger partial charge on any atom is 0.253 e. The van der Waals surface area contributed by atoms with Gasteiger partial charge in [0.05, 0.1) is 54.4 Å². The number of benzene rings is 2. The average molecular weight is 749 g/mol. The van der Waals surface area contributed by atoms with Gasteiger partial charge in [-0.15, -0.1) is 0 Å². The third kappa shape index (κ3) is 7.02. The van der Waals surface area contributed by atoms with Crippen molar-refractivity contribution in [2.24, 2.45) is 16.8 Å². The van der Waals surface area contributed by atoms with Crippen molar-refractivity contribution in [2.45, 2.75) is 88.2 Å². The first-order chi connectivity index (χ1) is 25.7.